The summed E-state index contributed by atoms with van der Waals surface area (Å²) in [5.41, 5.74) is 1.36. The van der Waals surface area contributed by atoms with Gasteiger partial charge in [0.1, 0.15) is 0 Å². The first-order valence-electron chi connectivity index (χ1n) is 6.96. The molecule has 0 fully saturated rings. The number of hydrogen-bond acceptors (Lipinski definition) is 5. The number of aromatic nitrogens is 4. The Morgan fingerprint density at radius 2 is 2.00 bits per heavy atom. The van der Waals surface area contributed by atoms with Crippen LogP contribution in [-0.4, -0.2) is 33.4 Å². The van der Waals surface area contributed by atoms with Crippen LogP contribution < -0.4 is 10.9 Å². The fraction of sp³-hybridized carbons (Fsp3) is 0.200. The fourth-order valence-corrected chi connectivity index (χ4v) is 2.27. The summed E-state index contributed by atoms with van der Waals surface area (Å²) in [4.78, 5) is 24.0. The van der Waals surface area contributed by atoms with Crippen molar-refractivity contribution >= 4 is 16.7 Å². The molecule has 0 saturated carbocycles. The van der Waals surface area contributed by atoms with E-state index in [1.54, 1.807) is 31.4 Å². The predicted octanol–water partition coefficient (Wildman–Crippen LogP) is 0.723. The first kappa shape index (κ1) is 14.9. The van der Waals surface area contributed by atoms with E-state index < -0.39 is 0 Å². The van der Waals surface area contributed by atoms with E-state index in [4.69, 9.17) is 4.74 Å². The largest absolute Gasteiger partial charge is 0.378 e. The average molecular weight is 313 g/mol. The Balaban J connectivity index is 1.78. The van der Waals surface area contributed by atoms with E-state index >= 15 is 0 Å². The maximum absolute atomic E-state index is 12.3. The summed E-state index contributed by atoms with van der Waals surface area (Å²) in [7, 11) is 1.59. The molecule has 0 bridgehead atoms. The van der Waals surface area contributed by atoms with Gasteiger partial charge in [-0.3, -0.25) is 14.7 Å². The third-order valence-electron chi connectivity index (χ3n) is 3.33. The van der Waals surface area contributed by atoms with Gasteiger partial charge in [-0.15, -0.1) is 0 Å². The maximum Gasteiger partial charge on any atom is 0.272 e. The third kappa shape index (κ3) is 3.11. The van der Waals surface area contributed by atoms with Crippen LogP contribution in [0.3, 0.4) is 0 Å². The van der Waals surface area contributed by atoms with Crippen LogP contribution in [0.15, 0.2) is 35.1 Å². The third-order valence-corrected chi connectivity index (χ3v) is 3.33. The number of carbonyl (C=O) groups is 1. The molecule has 3 N–H and O–H groups in total. The Bertz CT molecular complexity index is 899. The second-order valence-corrected chi connectivity index (χ2v) is 4.95. The van der Waals surface area contributed by atoms with Crippen molar-refractivity contribution in [2.75, 3.05) is 7.11 Å². The lowest BCUT2D eigenvalue weighted by atomic mass is 10.1. The predicted molar refractivity (Wildman–Crippen MR) is 82.8 cm³/mol. The zero-order valence-electron chi connectivity index (χ0n) is 12.4. The molecule has 0 atom stereocenters. The van der Waals surface area contributed by atoms with Crippen LogP contribution in [0.4, 0.5) is 0 Å². The van der Waals surface area contributed by atoms with Crippen molar-refractivity contribution in [3.05, 3.63) is 57.8 Å². The van der Waals surface area contributed by atoms with Gasteiger partial charge in [0, 0.05) is 12.5 Å². The molecule has 3 rings (SSSR count). The van der Waals surface area contributed by atoms with Crippen LogP contribution >= 0.6 is 0 Å². The van der Waals surface area contributed by atoms with Crippen LogP contribution in [0.2, 0.25) is 0 Å². The molecule has 3 aromatic rings. The molecular weight excluding hydrogens is 298 g/mol. The Hall–Kier alpha value is -3.00. The van der Waals surface area contributed by atoms with Gasteiger partial charge in [0.2, 0.25) is 0 Å². The van der Waals surface area contributed by atoms with Gasteiger partial charge in [0.25, 0.3) is 11.5 Å². The highest BCUT2D eigenvalue weighted by Crippen LogP contribution is 2.12. The summed E-state index contributed by atoms with van der Waals surface area (Å²) < 4.78 is 4.98. The maximum atomic E-state index is 12.3. The minimum Gasteiger partial charge on any atom is -0.378 e. The van der Waals surface area contributed by atoms with Crippen molar-refractivity contribution in [1.29, 1.82) is 0 Å². The van der Waals surface area contributed by atoms with Crippen LogP contribution in [0.25, 0.3) is 10.8 Å². The smallest absolute Gasteiger partial charge is 0.272 e. The number of rotatable bonds is 5. The lowest BCUT2D eigenvalue weighted by Crippen LogP contribution is -2.26. The van der Waals surface area contributed by atoms with Crippen molar-refractivity contribution in [1.82, 2.24) is 25.7 Å². The molecule has 118 valence electrons. The lowest BCUT2D eigenvalue weighted by molar-refractivity contribution is 0.0946. The summed E-state index contributed by atoms with van der Waals surface area (Å²) >= 11 is 0. The summed E-state index contributed by atoms with van der Waals surface area (Å²) in [5, 5.41) is 16.8. The van der Waals surface area contributed by atoms with Crippen molar-refractivity contribution in [3.8, 4) is 0 Å². The number of aromatic amines is 2. The topological polar surface area (TPSA) is 113 Å². The zero-order chi connectivity index (χ0) is 16.2. The lowest BCUT2D eigenvalue weighted by Gasteiger charge is -2.05. The molecule has 0 aliphatic heterocycles. The van der Waals surface area contributed by atoms with E-state index in [1.165, 1.54) is 0 Å². The molecule has 1 aromatic carbocycles. The van der Waals surface area contributed by atoms with Gasteiger partial charge in [-0.25, -0.2) is 5.10 Å². The molecule has 8 nitrogen and oxygen atoms in total. The summed E-state index contributed by atoms with van der Waals surface area (Å²) in [6.45, 7) is 0.668. The van der Waals surface area contributed by atoms with Gasteiger partial charge < -0.3 is 10.1 Å². The van der Waals surface area contributed by atoms with Crippen molar-refractivity contribution < 1.29 is 9.53 Å². The molecule has 8 heteroatoms. The normalized spacial score (nSPS) is 10.8. The van der Waals surface area contributed by atoms with E-state index in [-0.39, 0.29) is 23.7 Å². The Kier molecular flexibility index (Phi) is 4.15. The van der Waals surface area contributed by atoms with Gasteiger partial charge >= 0.3 is 0 Å². The van der Waals surface area contributed by atoms with Crippen molar-refractivity contribution in [2.45, 2.75) is 13.2 Å². The van der Waals surface area contributed by atoms with Crippen LogP contribution in [0.5, 0.6) is 0 Å². The fourth-order valence-electron chi connectivity index (χ4n) is 2.27. The van der Waals surface area contributed by atoms with Gasteiger partial charge in [-0.1, -0.05) is 18.2 Å². The van der Waals surface area contributed by atoms with Gasteiger partial charge in [0.15, 0.2) is 5.69 Å². The Morgan fingerprint density at radius 3 is 2.78 bits per heavy atom. The molecule has 0 unspecified atom stereocenters. The molecule has 0 aliphatic rings. The van der Waals surface area contributed by atoms with Gasteiger partial charge in [-0.05, 0) is 12.1 Å². The SMILES string of the molecule is COCc1cc(CNC(=O)c2n[nH]c(=O)c3ccccc23)[nH]n1. The number of H-pyrrole nitrogens is 2. The average Bonchev–Trinajstić information content (AvgIpc) is 3.01. The quantitative estimate of drug-likeness (QED) is 0.642. The Labute approximate surface area is 130 Å². The monoisotopic (exact) mass is 313 g/mol. The molecule has 23 heavy (non-hydrogen) atoms. The first-order chi connectivity index (χ1) is 11.2. The van der Waals surface area contributed by atoms with Crippen molar-refractivity contribution in [2.24, 2.45) is 0 Å². The molecular formula is C15H15N5O3. The second-order valence-electron chi connectivity index (χ2n) is 4.95. The molecule has 0 spiro atoms. The minimum atomic E-state index is -0.375. The standard InChI is InChI=1S/C15H15N5O3/c1-23-8-10-6-9(17-18-10)7-16-15(22)13-11-4-2-3-5-12(11)14(21)20-19-13/h2-6H,7-8H2,1H3,(H,16,22)(H,17,18)(H,20,21). The van der Waals surface area contributed by atoms with E-state index in [2.05, 4.69) is 25.7 Å². The van der Waals surface area contributed by atoms with E-state index in [0.29, 0.717) is 17.4 Å². The first-order valence-corrected chi connectivity index (χ1v) is 6.96. The number of fused-ring (bicyclic) bond motifs is 1. The summed E-state index contributed by atoms with van der Waals surface area (Å²) in [5.74, 6) is -0.375. The molecule has 0 aliphatic carbocycles. The van der Waals surface area contributed by atoms with Gasteiger partial charge in [0.05, 0.1) is 29.9 Å². The number of amides is 1. The highest BCUT2D eigenvalue weighted by molar-refractivity contribution is 6.04. The second kappa shape index (κ2) is 6.41. The number of methoxy groups -OCH3 is 1. The van der Waals surface area contributed by atoms with E-state index in [1.807, 2.05) is 6.07 Å². The number of nitrogens with one attached hydrogen (secondary N) is 3. The summed E-state index contributed by atoms with van der Waals surface area (Å²) in [6, 6.07) is 8.65. The minimum absolute atomic E-state index is 0.178. The van der Waals surface area contributed by atoms with E-state index in [9.17, 15) is 9.59 Å². The van der Waals surface area contributed by atoms with Gasteiger partial charge in [-0.2, -0.15) is 10.2 Å². The molecule has 0 radical (unpaired) electrons. The zero-order valence-corrected chi connectivity index (χ0v) is 12.4. The number of benzene rings is 1. The van der Waals surface area contributed by atoms with Crippen LogP contribution in [0.1, 0.15) is 21.9 Å². The molecule has 0 saturated heterocycles. The van der Waals surface area contributed by atoms with Crippen LogP contribution in [-0.2, 0) is 17.9 Å². The molecule has 2 aromatic heterocycles. The number of nitrogens with zero attached hydrogens (tertiary/aromatic N) is 2. The number of ether oxygens (including phenoxy) is 1. The highest BCUT2D eigenvalue weighted by Gasteiger charge is 2.14. The highest BCUT2D eigenvalue weighted by atomic mass is 16.5. The van der Waals surface area contributed by atoms with E-state index in [0.717, 1.165) is 11.4 Å². The van der Waals surface area contributed by atoms with Crippen molar-refractivity contribution in [3.63, 3.8) is 0 Å². The molecule has 2 heterocycles. The molecule has 1 amide bonds. The Morgan fingerprint density at radius 1 is 1.22 bits per heavy atom. The summed E-state index contributed by atoms with van der Waals surface area (Å²) in [6.07, 6.45) is 0. The number of hydrogen-bond donors (Lipinski definition) is 3. The number of carbonyl (C=O) groups excluding carboxylic acids is 1. The van der Waals surface area contributed by atoms with Crippen LogP contribution in [0, 0.1) is 0 Å².